The summed E-state index contributed by atoms with van der Waals surface area (Å²) in [5.74, 6) is -1.07. The van der Waals surface area contributed by atoms with Crippen molar-refractivity contribution in [1.29, 1.82) is 0 Å². The Balaban J connectivity index is 1.72. The van der Waals surface area contributed by atoms with Crippen LogP contribution in [0, 0.1) is 0 Å². The lowest BCUT2D eigenvalue weighted by molar-refractivity contribution is -0.139. The van der Waals surface area contributed by atoms with Gasteiger partial charge in [-0.25, -0.2) is 0 Å². The summed E-state index contributed by atoms with van der Waals surface area (Å²) in [6, 6.07) is 6.79. The zero-order valence-corrected chi connectivity index (χ0v) is 16.6. The summed E-state index contributed by atoms with van der Waals surface area (Å²) in [6.45, 7) is 6.10. The Morgan fingerprint density at radius 1 is 1.07 bits per heavy atom. The highest BCUT2D eigenvalue weighted by molar-refractivity contribution is 6.35. The summed E-state index contributed by atoms with van der Waals surface area (Å²) in [4.78, 5) is 28.8. The van der Waals surface area contributed by atoms with E-state index in [0.29, 0.717) is 13.1 Å². The molecule has 0 saturated carbocycles. The van der Waals surface area contributed by atoms with Crippen LogP contribution in [-0.4, -0.2) is 56.5 Å². The first kappa shape index (κ1) is 19.7. The number of hydrogen-bond donors (Lipinski definition) is 2. The molecule has 2 aliphatic rings. The second-order valence-corrected chi connectivity index (χ2v) is 7.64. The van der Waals surface area contributed by atoms with Gasteiger partial charge in [-0.15, -0.1) is 0 Å². The van der Waals surface area contributed by atoms with Crippen molar-refractivity contribution >= 4 is 17.5 Å². The van der Waals surface area contributed by atoms with Crippen LogP contribution in [0.5, 0.6) is 0 Å². The molecule has 0 spiro atoms. The van der Waals surface area contributed by atoms with Crippen molar-refractivity contribution in [2.45, 2.75) is 45.1 Å². The van der Waals surface area contributed by atoms with Crippen molar-refractivity contribution < 1.29 is 9.59 Å². The normalized spacial score (nSPS) is 18.1. The van der Waals surface area contributed by atoms with Gasteiger partial charge in [0.15, 0.2) is 0 Å². The van der Waals surface area contributed by atoms with Gasteiger partial charge in [-0.3, -0.25) is 14.5 Å². The van der Waals surface area contributed by atoms with E-state index in [4.69, 9.17) is 0 Å². The third kappa shape index (κ3) is 4.80. The number of anilines is 1. The molecule has 0 radical (unpaired) electrons. The lowest BCUT2D eigenvalue weighted by atomic mass is 9.98. The maximum atomic E-state index is 12.1. The van der Waals surface area contributed by atoms with Gasteiger partial charge in [0.05, 0.1) is 6.04 Å². The average Bonchev–Trinajstić information content (AvgIpc) is 3.07. The molecule has 1 saturated heterocycles. The Labute approximate surface area is 162 Å². The van der Waals surface area contributed by atoms with Gasteiger partial charge in [-0.1, -0.05) is 25.5 Å². The minimum atomic E-state index is -0.537. The average molecular weight is 373 g/mol. The van der Waals surface area contributed by atoms with E-state index < -0.39 is 11.8 Å². The quantitative estimate of drug-likeness (QED) is 0.748. The van der Waals surface area contributed by atoms with Crippen molar-refractivity contribution in [2.24, 2.45) is 0 Å². The van der Waals surface area contributed by atoms with E-state index in [1.54, 1.807) is 0 Å². The van der Waals surface area contributed by atoms with E-state index in [9.17, 15) is 9.59 Å². The molecule has 0 unspecified atom stereocenters. The first-order valence-corrected chi connectivity index (χ1v) is 10.2. The van der Waals surface area contributed by atoms with Crippen LogP contribution in [0.1, 0.15) is 49.8 Å². The minimum absolute atomic E-state index is 0.115. The highest BCUT2D eigenvalue weighted by atomic mass is 16.2. The molecule has 0 aliphatic carbocycles. The molecule has 2 aliphatic heterocycles. The van der Waals surface area contributed by atoms with E-state index in [2.05, 4.69) is 45.7 Å². The summed E-state index contributed by atoms with van der Waals surface area (Å²) in [7, 11) is 2.13. The molecular formula is C21H32N4O2. The SMILES string of the molecule is CCCNC(=O)C(=O)NC[C@H](c1ccc2c(c1)CCN2C)N1CCCCC1. The highest BCUT2D eigenvalue weighted by Crippen LogP contribution is 2.32. The van der Waals surface area contributed by atoms with Gasteiger partial charge in [0.1, 0.15) is 0 Å². The van der Waals surface area contributed by atoms with Gasteiger partial charge < -0.3 is 15.5 Å². The molecule has 3 rings (SSSR count). The first-order chi connectivity index (χ1) is 13.1. The highest BCUT2D eigenvalue weighted by Gasteiger charge is 2.26. The largest absolute Gasteiger partial charge is 0.374 e. The number of nitrogens with zero attached hydrogens (tertiary/aromatic N) is 2. The van der Waals surface area contributed by atoms with Crippen LogP contribution in [-0.2, 0) is 16.0 Å². The maximum absolute atomic E-state index is 12.1. The summed E-state index contributed by atoms with van der Waals surface area (Å²) < 4.78 is 0. The fourth-order valence-corrected chi connectivity index (χ4v) is 4.07. The molecule has 1 aromatic rings. The molecule has 0 bridgehead atoms. The fraction of sp³-hybridized carbons (Fsp3) is 0.619. The zero-order valence-electron chi connectivity index (χ0n) is 16.6. The topological polar surface area (TPSA) is 64.7 Å². The number of amides is 2. The summed E-state index contributed by atoms with van der Waals surface area (Å²) in [5, 5.41) is 5.50. The molecule has 6 nitrogen and oxygen atoms in total. The van der Waals surface area contributed by atoms with Crippen LogP contribution in [0.15, 0.2) is 18.2 Å². The molecule has 1 aromatic carbocycles. The second kappa shape index (κ2) is 9.22. The fourth-order valence-electron chi connectivity index (χ4n) is 4.07. The van der Waals surface area contributed by atoms with Crippen LogP contribution in [0.3, 0.4) is 0 Å². The van der Waals surface area contributed by atoms with Gasteiger partial charge in [0.25, 0.3) is 0 Å². The van der Waals surface area contributed by atoms with E-state index in [1.165, 1.54) is 36.1 Å². The van der Waals surface area contributed by atoms with E-state index in [-0.39, 0.29) is 6.04 Å². The van der Waals surface area contributed by atoms with Crippen molar-refractivity contribution in [3.05, 3.63) is 29.3 Å². The molecule has 0 aromatic heterocycles. The lowest BCUT2D eigenvalue weighted by Gasteiger charge is -2.35. The Kier molecular flexibility index (Phi) is 6.72. The summed E-state index contributed by atoms with van der Waals surface area (Å²) >= 11 is 0. The van der Waals surface area contributed by atoms with Crippen LogP contribution in [0.25, 0.3) is 0 Å². The van der Waals surface area contributed by atoms with E-state index in [1.807, 2.05) is 6.92 Å². The van der Waals surface area contributed by atoms with Crippen LogP contribution in [0.4, 0.5) is 5.69 Å². The van der Waals surface area contributed by atoms with Gasteiger partial charge in [-0.05, 0) is 56.0 Å². The monoisotopic (exact) mass is 372 g/mol. The predicted octanol–water partition coefficient (Wildman–Crippen LogP) is 1.85. The third-order valence-corrected chi connectivity index (χ3v) is 5.65. The van der Waals surface area contributed by atoms with E-state index in [0.717, 1.165) is 32.5 Å². The maximum Gasteiger partial charge on any atom is 0.309 e. The molecule has 1 fully saturated rings. The number of carbonyl (C=O) groups is 2. The van der Waals surface area contributed by atoms with Gasteiger partial charge in [-0.2, -0.15) is 0 Å². The summed E-state index contributed by atoms with van der Waals surface area (Å²) in [5.41, 5.74) is 3.92. The van der Waals surface area contributed by atoms with Gasteiger partial charge in [0, 0.05) is 32.4 Å². The second-order valence-electron chi connectivity index (χ2n) is 7.64. The number of likely N-dealkylation sites (N-methyl/N-ethyl adjacent to an activating group) is 1. The van der Waals surface area contributed by atoms with Crippen molar-refractivity contribution in [1.82, 2.24) is 15.5 Å². The van der Waals surface area contributed by atoms with Crippen molar-refractivity contribution in [3.8, 4) is 0 Å². The van der Waals surface area contributed by atoms with Gasteiger partial charge >= 0.3 is 11.8 Å². The number of hydrogen-bond acceptors (Lipinski definition) is 4. The van der Waals surface area contributed by atoms with Crippen molar-refractivity contribution in [2.75, 3.05) is 44.7 Å². The first-order valence-electron chi connectivity index (χ1n) is 10.2. The van der Waals surface area contributed by atoms with Crippen LogP contribution in [0.2, 0.25) is 0 Å². The zero-order chi connectivity index (χ0) is 19.2. The predicted molar refractivity (Wildman–Crippen MR) is 108 cm³/mol. The third-order valence-electron chi connectivity index (χ3n) is 5.65. The number of benzene rings is 1. The smallest absolute Gasteiger partial charge is 0.309 e. The number of likely N-dealkylation sites (tertiary alicyclic amines) is 1. The number of rotatable bonds is 6. The molecule has 27 heavy (non-hydrogen) atoms. The Hall–Kier alpha value is -2.08. The Morgan fingerprint density at radius 2 is 1.81 bits per heavy atom. The molecule has 1 atom stereocenters. The molecular weight excluding hydrogens is 340 g/mol. The Bertz CT molecular complexity index is 670. The molecule has 2 N–H and O–H groups in total. The van der Waals surface area contributed by atoms with Crippen LogP contribution < -0.4 is 15.5 Å². The molecule has 6 heteroatoms. The molecule has 2 amide bonds. The number of piperidine rings is 1. The summed E-state index contributed by atoms with van der Waals surface area (Å²) in [6.07, 6.45) is 5.53. The van der Waals surface area contributed by atoms with Gasteiger partial charge in [0.2, 0.25) is 0 Å². The molecule has 2 heterocycles. The lowest BCUT2D eigenvalue weighted by Crippen LogP contribution is -2.45. The number of carbonyl (C=O) groups excluding carboxylic acids is 2. The number of nitrogens with one attached hydrogen (secondary N) is 2. The Morgan fingerprint density at radius 3 is 2.56 bits per heavy atom. The van der Waals surface area contributed by atoms with E-state index >= 15 is 0 Å². The standard InChI is InChI=1S/C21H32N4O2/c1-3-10-22-20(26)21(27)23-15-19(25-11-5-4-6-12-25)16-7-8-18-17(14-16)9-13-24(18)2/h7-8,14,19H,3-6,9-13,15H2,1-2H3,(H,22,26)(H,23,27)/t19-/m1/s1. The van der Waals surface area contributed by atoms with Crippen LogP contribution >= 0.6 is 0 Å². The minimum Gasteiger partial charge on any atom is -0.374 e. The number of fused-ring (bicyclic) bond motifs is 1. The molecule has 148 valence electrons. The van der Waals surface area contributed by atoms with Crippen molar-refractivity contribution in [3.63, 3.8) is 0 Å².